The highest BCUT2D eigenvalue weighted by molar-refractivity contribution is 5.94. The van der Waals surface area contributed by atoms with Crippen LogP contribution in [0.5, 0.6) is 0 Å². The first-order chi connectivity index (χ1) is 11.2. The lowest BCUT2D eigenvalue weighted by atomic mass is 9.86. The SMILES string of the molecule is CC1CCC2(CC1)OC[C@H](CNC(=O)c1n[nH]c3c1CCC3)O2. The van der Waals surface area contributed by atoms with Gasteiger partial charge in [-0.15, -0.1) is 0 Å². The molecule has 126 valence electrons. The van der Waals surface area contributed by atoms with Crippen molar-refractivity contribution in [3.8, 4) is 0 Å². The van der Waals surface area contributed by atoms with Crippen molar-refractivity contribution in [2.24, 2.45) is 5.92 Å². The zero-order valence-corrected chi connectivity index (χ0v) is 13.7. The van der Waals surface area contributed by atoms with Crippen molar-refractivity contribution in [1.82, 2.24) is 15.5 Å². The van der Waals surface area contributed by atoms with Gasteiger partial charge in [0.05, 0.1) is 6.61 Å². The van der Waals surface area contributed by atoms with E-state index in [0.717, 1.165) is 62.1 Å². The van der Waals surface area contributed by atoms with Gasteiger partial charge in [0, 0.05) is 30.6 Å². The number of nitrogens with one attached hydrogen (secondary N) is 2. The number of carbonyl (C=O) groups is 1. The summed E-state index contributed by atoms with van der Waals surface area (Å²) in [5.41, 5.74) is 2.76. The van der Waals surface area contributed by atoms with E-state index in [1.54, 1.807) is 0 Å². The van der Waals surface area contributed by atoms with E-state index < -0.39 is 5.79 Å². The molecule has 2 fully saturated rings. The van der Waals surface area contributed by atoms with E-state index >= 15 is 0 Å². The van der Waals surface area contributed by atoms with Crippen LogP contribution in [-0.4, -0.2) is 41.1 Å². The second-order valence-corrected chi connectivity index (χ2v) is 7.24. The standard InChI is InChI=1S/C17H25N3O3/c1-11-5-7-17(8-6-11)22-10-12(23-17)9-18-16(21)15-13-3-2-4-14(13)19-20-15/h11-12H,2-10H2,1H3,(H,18,21)(H,19,20)/t11?,12-,17?/m0/s1. The molecule has 1 aromatic heterocycles. The Balaban J connectivity index is 1.31. The number of H-pyrrole nitrogens is 1. The normalized spacial score (nSPS) is 33.1. The molecule has 0 bridgehead atoms. The number of hydrogen-bond acceptors (Lipinski definition) is 4. The Labute approximate surface area is 136 Å². The van der Waals surface area contributed by atoms with Gasteiger partial charge in [-0.25, -0.2) is 0 Å². The van der Waals surface area contributed by atoms with Crippen LogP contribution in [0.15, 0.2) is 0 Å². The van der Waals surface area contributed by atoms with Crippen molar-refractivity contribution in [1.29, 1.82) is 0 Å². The highest BCUT2D eigenvalue weighted by Gasteiger charge is 2.43. The Hall–Kier alpha value is -1.40. The van der Waals surface area contributed by atoms with Crippen LogP contribution in [0.4, 0.5) is 0 Å². The second kappa shape index (κ2) is 5.91. The van der Waals surface area contributed by atoms with Gasteiger partial charge < -0.3 is 14.8 Å². The number of fused-ring (bicyclic) bond motifs is 1. The van der Waals surface area contributed by atoms with Gasteiger partial charge in [0.1, 0.15) is 6.10 Å². The Morgan fingerprint density at radius 2 is 2.22 bits per heavy atom. The molecule has 1 atom stereocenters. The molecule has 2 heterocycles. The predicted molar refractivity (Wildman–Crippen MR) is 84.1 cm³/mol. The second-order valence-electron chi connectivity index (χ2n) is 7.24. The average Bonchev–Trinajstić information content (AvgIpc) is 3.24. The molecule has 2 aliphatic carbocycles. The predicted octanol–water partition coefficient (Wildman–Crippen LogP) is 1.95. The van der Waals surface area contributed by atoms with Crippen molar-refractivity contribution in [2.45, 2.75) is 63.8 Å². The molecule has 0 aromatic carbocycles. The van der Waals surface area contributed by atoms with E-state index in [2.05, 4.69) is 22.4 Å². The molecule has 4 rings (SSSR count). The Morgan fingerprint density at radius 1 is 1.39 bits per heavy atom. The molecule has 3 aliphatic rings. The topological polar surface area (TPSA) is 76.2 Å². The van der Waals surface area contributed by atoms with Crippen LogP contribution in [0.2, 0.25) is 0 Å². The summed E-state index contributed by atoms with van der Waals surface area (Å²) in [5, 5.41) is 10.1. The average molecular weight is 319 g/mol. The minimum Gasteiger partial charge on any atom is -0.348 e. The molecule has 23 heavy (non-hydrogen) atoms. The summed E-state index contributed by atoms with van der Waals surface area (Å²) in [6.07, 6.45) is 7.22. The zero-order valence-electron chi connectivity index (χ0n) is 13.7. The number of aromatic nitrogens is 2. The van der Waals surface area contributed by atoms with Crippen LogP contribution < -0.4 is 5.32 Å². The Bertz CT molecular complexity index is 590. The molecule has 0 unspecified atom stereocenters. The van der Waals surface area contributed by atoms with Crippen LogP contribution in [0.25, 0.3) is 0 Å². The molecule has 0 radical (unpaired) electrons. The number of nitrogens with zero attached hydrogens (tertiary/aromatic N) is 1. The maximum Gasteiger partial charge on any atom is 0.272 e. The van der Waals surface area contributed by atoms with Crippen molar-refractivity contribution in [3.63, 3.8) is 0 Å². The van der Waals surface area contributed by atoms with E-state index in [1.165, 1.54) is 0 Å². The number of amides is 1. The first kappa shape index (κ1) is 15.1. The molecule has 1 spiro atoms. The van der Waals surface area contributed by atoms with Crippen LogP contribution in [0, 0.1) is 5.92 Å². The fraction of sp³-hybridized carbons (Fsp3) is 0.765. The maximum atomic E-state index is 12.3. The van der Waals surface area contributed by atoms with Crippen molar-refractivity contribution in [2.75, 3.05) is 13.2 Å². The van der Waals surface area contributed by atoms with Crippen LogP contribution in [0.3, 0.4) is 0 Å². The van der Waals surface area contributed by atoms with Crippen molar-refractivity contribution in [3.05, 3.63) is 17.0 Å². The third kappa shape index (κ3) is 2.90. The van der Waals surface area contributed by atoms with E-state index in [4.69, 9.17) is 9.47 Å². The lowest BCUT2D eigenvalue weighted by molar-refractivity contribution is -0.191. The van der Waals surface area contributed by atoms with Gasteiger partial charge in [-0.05, 0) is 38.0 Å². The summed E-state index contributed by atoms with van der Waals surface area (Å²) >= 11 is 0. The molecular formula is C17H25N3O3. The number of hydrogen-bond donors (Lipinski definition) is 2. The summed E-state index contributed by atoms with van der Waals surface area (Å²) in [4.78, 5) is 12.3. The lowest BCUT2D eigenvalue weighted by Crippen LogP contribution is -2.38. The summed E-state index contributed by atoms with van der Waals surface area (Å²) in [6.45, 7) is 3.33. The van der Waals surface area contributed by atoms with Crippen molar-refractivity contribution >= 4 is 5.91 Å². The molecule has 2 N–H and O–H groups in total. The van der Waals surface area contributed by atoms with Crippen molar-refractivity contribution < 1.29 is 14.3 Å². The molecule has 1 aromatic rings. The van der Waals surface area contributed by atoms with Crippen LogP contribution in [-0.2, 0) is 22.3 Å². The Morgan fingerprint density at radius 3 is 3.04 bits per heavy atom. The van der Waals surface area contributed by atoms with Gasteiger partial charge in [0.25, 0.3) is 5.91 Å². The maximum absolute atomic E-state index is 12.3. The number of aromatic amines is 1. The number of carbonyl (C=O) groups excluding carboxylic acids is 1. The lowest BCUT2D eigenvalue weighted by Gasteiger charge is -2.34. The summed E-state index contributed by atoms with van der Waals surface area (Å²) in [5.74, 6) is 0.259. The van der Waals surface area contributed by atoms with E-state index in [0.29, 0.717) is 18.8 Å². The van der Waals surface area contributed by atoms with Gasteiger partial charge in [-0.1, -0.05) is 6.92 Å². The molecule has 6 heteroatoms. The molecule has 1 saturated heterocycles. The minimum atomic E-state index is -0.393. The molecular weight excluding hydrogens is 294 g/mol. The molecule has 1 amide bonds. The minimum absolute atomic E-state index is 0.0562. The number of ether oxygens (including phenoxy) is 2. The van der Waals surface area contributed by atoms with Gasteiger partial charge in [0.15, 0.2) is 11.5 Å². The largest absolute Gasteiger partial charge is 0.348 e. The van der Waals surface area contributed by atoms with E-state index in [-0.39, 0.29) is 12.0 Å². The molecule has 6 nitrogen and oxygen atoms in total. The highest BCUT2D eigenvalue weighted by atomic mass is 16.7. The van der Waals surface area contributed by atoms with Gasteiger partial charge in [0.2, 0.25) is 0 Å². The van der Waals surface area contributed by atoms with Gasteiger partial charge >= 0.3 is 0 Å². The fourth-order valence-corrected chi connectivity index (χ4v) is 3.98. The quantitative estimate of drug-likeness (QED) is 0.893. The van der Waals surface area contributed by atoms with Crippen LogP contribution >= 0.6 is 0 Å². The fourth-order valence-electron chi connectivity index (χ4n) is 3.98. The Kier molecular flexibility index (Phi) is 3.89. The summed E-state index contributed by atoms with van der Waals surface area (Å²) in [7, 11) is 0. The van der Waals surface area contributed by atoms with Gasteiger partial charge in [-0.3, -0.25) is 9.89 Å². The molecule has 1 aliphatic heterocycles. The third-order valence-corrected chi connectivity index (χ3v) is 5.46. The third-order valence-electron chi connectivity index (χ3n) is 5.46. The first-order valence-electron chi connectivity index (χ1n) is 8.81. The van der Waals surface area contributed by atoms with Crippen LogP contribution in [0.1, 0.15) is 60.8 Å². The highest BCUT2D eigenvalue weighted by Crippen LogP contribution is 2.39. The monoisotopic (exact) mass is 319 g/mol. The van der Waals surface area contributed by atoms with E-state index in [9.17, 15) is 4.79 Å². The van der Waals surface area contributed by atoms with Gasteiger partial charge in [-0.2, -0.15) is 5.10 Å². The smallest absolute Gasteiger partial charge is 0.272 e. The van der Waals surface area contributed by atoms with E-state index in [1.807, 2.05) is 0 Å². The summed E-state index contributed by atoms with van der Waals surface area (Å²) < 4.78 is 12.1. The summed E-state index contributed by atoms with van der Waals surface area (Å²) in [6, 6.07) is 0. The molecule has 1 saturated carbocycles. The zero-order chi connectivity index (χ0) is 15.9. The first-order valence-corrected chi connectivity index (χ1v) is 8.81. The number of rotatable bonds is 3. The number of aryl methyl sites for hydroxylation is 1.